The van der Waals surface area contributed by atoms with Gasteiger partial charge in [-0.2, -0.15) is 0 Å². The lowest BCUT2D eigenvalue weighted by molar-refractivity contribution is 0.0954. The molecule has 114 valence electrons. The average molecular weight is 316 g/mol. The molecule has 0 aliphatic rings. The molecule has 0 fully saturated rings. The lowest BCUT2D eigenvalue weighted by Gasteiger charge is -2.05. The SMILES string of the molecule is C=CCNC(=O)c1csc(NC(=O)Nc2ccc(C)cc2)n1. The summed E-state index contributed by atoms with van der Waals surface area (Å²) in [6, 6.07) is 7.02. The van der Waals surface area contributed by atoms with Gasteiger partial charge in [-0.25, -0.2) is 9.78 Å². The number of thiazole rings is 1. The number of carbonyl (C=O) groups excluding carboxylic acids is 2. The third kappa shape index (κ3) is 4.42. The molecule has 22 heavy (non-hydrogen) atoms. The van der Waals surface area contributed by atoms with Crippen molar-refractivity contribution in [2.24, 2.45) is 0 Å². The molecule has 2 rings (SSSR count). The van der Waals surface area contributed by atoms with Crippen LogP contribution in [-0.2, 0) is 0 Å². The molecule has 1 aromatic heterocycles. The van der Waals surface area contributed by atoms with Gasteiger partial charge in [0, 0.05) is 17.6 Å². The van der Waals surface area contributed by atoms with Crippen LogP contribution in [0.2, 0.25) is 0 Å². The standard InChI is InChI=1S/C15H16N4O2S/c1-3-8-16-13(20)12-9-22-15(18-12)19-14(21)17-11-6-4-10(2)5-7-11/h3-7,9H,1,8H2,2H3,(H,16,20)(H2,17,18,19,21). The molecule has 0 radical (unpaired) electrons. The Hall–Kier alpha value is -2.67. The first-order valence-electron chi connectivity index (χ1n) is 6.58. The van der Waals surface area contributed by atoms with Crippen LogP contribution >= 0.6 is 11.3 Å². The van der Waals surface area contributed by atoms with E-state index in [-0.39, 0.29) is 11.6 Å². The molecule has 1 aromatic carbocycles. The fourth-order valence-corrected chi connectivity index (χ4v) is 2.27. The van der Waals surface area contributed by atoms with E-state index in [0.29, 0.717) is 17.4 Å². The number of hydrogen-bond acceptors (Lipinski definition) is 4. The molecule has 0 aliphatic heterocycles. The molecule has 0 bridgehead atoms. The van der Waals surface area contributed by atoms with E-state index in [9.17, 15) is 9.59 Å². The van der Waals surface area contributed by atoms with Crippen molar-refractivity contribution in [3.8, 4) is 0 Å². The first-order chi connectivity index (χ1) is 10.6. The predicted octanol–water partition coefficient (Wildman–Crippen LogP) is 3.01. The first kappa shape index (κ1) is 15.7. The Labute approximate surface area is 132 Å². The van der Waals surface area contributed by atoms with Gasteiger partial charge in [0.2, 0.25) is 0 Å². The fourth-order valence-electron chi connectivity index (χ4n) is 1.59. The molecule has 3 amide bonds. The molecular formula is C15H16N4O2S. The van der Waals surface area contributed by atoms with E-state index < -0.39 is 6.03 Å². The number of anilines is 2. The Morgan fingerprint density at radius 2 is 2.00 bits per heavy atom. The van der Waals surface area contributed by atoms with Crippen LogP contribution in [0.4, 0.5) is 15.6 Å². The lowest BCUT2D eigenvalue weighted by atomic mass is 10.2. The van der Waals surface area contributed by atoms with Gasteiger partial charge in [-0.15, -0.1) is 17.9 Å². The fraction of sp³-hybridized carbons (Fsp3) is 0.133. The van der Waals surface area contributed by atoms with E-state index in [1.165, 1.54) is 11.3 Å². The maximum Gasteiger partial charge on any atom is 0.325 e. The molecule has 3 N–H and O–H groups in total. The van der Waals surface area contributed by atoms with Crippen molar-refractivity contribution in [3.05, 3.63) is 53.6 Å². The van der Waals surface area contributed by atoms with Crippen LogP contribution in [0.15, 0.2) is 42.3 Å². The monoisotopic (exact) mass is 316 g/mol. The summed E-state index contributed by atoms with van der Waals surface area (Å²) < 4.78 is 0. The van der Waals surface area contributed by atoms with E-state index in [4.69, 9.17) is 0 Å². The molecule has 0 saturated carbocycles. The summed E-state index contributed by atoms with van der Waals surface area (Å²) in [4.78, 5) is 27.6. The van der Waals surface area contributed by atoms with Gasteiger partial charge in [-0.3, -0.25) is 10.1 Å². The molecule has 6 nitrogen and oxygen atoms in total. The Balaban J connectivity index is 1.91. The summed E-state index contributed by atoms with van der Waals surface area (Å²) in [5, 5.41) is 9.84. The highest BCUT2D eigenvalue weighted by atomic mass is 32.1. The summed E-state index contributed by atoms with van der Waals surface area (Å²) in [6.45, 7) is 5.86. The largest absolute Gasteiger partial charge is 0.347 e. The van der Waals surface area contributed by atoms with E-state index in [1.54, 1.807) is 11.5 Å². The number of aromatic nitrogens is 1. The smallest absolute Gasteiger partial charge is 0.325 e. The Kier molecular flexibility index (Phi) is 5.26. The van der Waals surface area contributed by atoms with Crippen molar-refractivity contribution in [1.82, 2.24) is 10.3 Å². The highest BCUT2D eigenvalue weighted by molar-refractivity contribution is 7.14. The zero-order chi connectivity index (χ0) is 15.9. The van der Waals surface area contributed by atoms with Gasteiger partial charge in [0.15, 0.2) is 5.13 Å². The van der Waals surface area contributed by atoms with E-state index >= 15 is 0 Å². The van der Waals surface area contributed by atoms with Gasteiger partial charge >= 0.3 is 6.03 Å². The lowest BCUT2D eigenvalue weighted by Crippen LogP contribution is -2.24. The van der Waals surface area contributed by atoms with Gasteiger partial charge < -0.3 is 10.6 Å². The highest BCUT2D eigenvalue weighted by Gasteiger charge is 2.11. The first-order valence-corrected chi connectivity index (χ1v) is 7.46. The Morgan fingerprint density at radius 1 is 1.27 bits per heavy atom. The normalized spacial score (nSPS) is 9.86. The van der Waals surface area contributed by atoms with Gasteiger partial charge in [-0.05, 0) is 19.1 Å². The molecule has 2 aromatic rings. The van der Waals surface area contributed by atoms with Crippen molar-refractivity contribution >= 4 is 34.1 Å². The second kappa shape index (κ2) is 7.37. The maximum absolute atomic E-state index is 11.8. The Bertz CT molecular complexity index is 679. The highest BCUT2D eigenvalue weighted by Crippen LogP contribution is 2.16. The molecule has 0 atom stereocenters. The molecule has 0 aliphatic carbocycles. The number of hydrogen-bond donors (Lipinski definition) is 3. The quantitative estimate of drug-likeness (QED) is 0.741. The Morgan fingerprint density at radius 3 is 2.68 bits per heavy atom. The molecular weight excluding hydrogens is 300 g/mol. The predicted molar refractivity (Wildman–Crippen MR) is 88.5 cm³/mol. The molecule has 0 spiro atoms. The number of aryl methyl sites for hydroxylation is 1. The van der Waals surface area contributed by atoms with Crippen molar-refractivity contribution in [2.75, 3.05) is 17.2 Å². The van der Waals surface area contributed by atoms with Crippen molar-refractivity contribution in [2.45, 2.75) is 6.92 Å². The van der Waals surface area contributed by atoms with Crippen LogP contribution in [0.1, 0.15) is 16.1 Å². The van der Waals surface area contributed by atoms with E-state index in [2.05, 4.69) is 27.5 Å². The summed E-state index contributed by atoms with van der Waals surface area (Å²) in [5.74, 6) is -0.303. The number of benzene rings is 1. The van der Waals surface area contributed by atoms with Crippen molar-refractivity contribution in [1.29, 1.82) is 0 Å². The third-order valence-corrected chi connectivity index (χ3v) is 3.43. The zero-order valence-electron chi connectivity index (χ0n) is 12.1. The minimum Gasteiger partial charge on any atom is -0.347 e. The molecule has 7 heteroatoms. The number of urea groups is 1. The second-order valence-corrected chi connectivity index (χ2v) is 5.34. The number of amides is 3. The van der Waals surface area contributed by atoms with Crippen LogP contribution in [0.3, 0.4) is 0 Å². The number of nitrogens with zero attached hydrogens (tertiary/aromatic N) is 1. The molecule has 0 saturated heterocycles. The summed E-state index contributed by atoms with van der Waals surface area (Å²) >= 11 is 1.18. The van der Waals surface area contributed by atoms with E-state index in [1.807, 2.05) is 31.2 Å². The van der Waals surface area contributed by atoms with Crippen LogP contribution in [0.25, 0.3) is 0 Å². The van der Waals surface area contributed by atoms with Crippen molar-refractivity contribution in [3.63, 3.8) is 0 Å². The van der Waals surface area contributed by atoms with Gasteiger partial charge in [0.05, 0.1) is 0 Å². The average Bonchev–Trinajstić information content (AvgIpc) is 2.95. The van der Waals surface area contributed by atoms with Crippen LogP contribution in [0, 0.1) is 6.92 Å². The van der Waals surface area contributed by atoms with Crippen LogP contribution in [0.5, 0.6) is 0 Å². The number of rotatable bonds is 5. The topological polar surface area (TPSA) is 83.1 Å². The minimum atomic E-state index is -0.406. The van der Waals surface area contributed by atoms with Crippen LogP contribution < -0.4 is 16.0 Å². The summed E-state index contributed by atoms with van der Waals surface area (Å²) in [5.41, 5.74) is 2.06. The van der Waals surface area contributed by atoms with Crippen molar-refractivity contribution < 1.29 is 9.59 Å². The zero-order valence-corrected chi connectivity index (χ0v) is 12.9. The van der Waals surface area contributed by atoms with Gasteiger partial charge in [0.1, 0.15) is 5.69 Å². The minimum absolute atomic E-state index is 0.262. The van der Waals surface area contributed by atoms with Crippen LogP contribution in [-0.4, -0.2) is 23.5 Å². The molecule has 0 unspecified atom stereocenters. The van der Waals surface area contributed by atoms with Gasteiger partial charge in [0.25, 0.3) is 5.91 Å². The summed E-state index contributed by atoms with van der Waals surface area (Å²) in [7, 11) is 0. The van der Waals surface area contributed by atoms with Gasteiger partial charge in [-0.1, -0.05) is 23.8 Å². The number of nitrogens with one attached hydrogen (secondary N) is 3. The molecule has 1 heterocycles. The summed E-state index contributed by atoms with van der Waals surface area (Å²) in [6.07, 6.45) is 1.58. The number of carbonyl (C=O) groups is 2. The van der Waals surface area contributed by atoms with E-state index in [0.717, 1.165) is 5.56 Å². The maximum atomic E-state index is 11.8. The second-order valence-electron chi connectivity index (χ2n) is 4.48. The third-order valence-electron chi connectivity index (χ3n) is 2.67.